The third-order valence-corrected chi connectivity index (χ3v) is 4.50. The number of para-hydroxylation sites is 2. The van der Waals surface area contributed by atoms with Crippen molar-refractivity contribution in [2.24, 2.45) is 5.73 Å². The summed E-state index contributed by atoms with van der Waals surface area (Å²) in [7, 11) is 0. The van der Waals surface area contributed by atoms with Crippen LogP contribution in [0, 0.1) is 0 Å². The first kappa shape index (κ1) is 15.5. The highest BCUT2D eigenvalue weighted by atomic mass is 32.2. The lowest BCUT2D eigenvalue weighted by Gasteiger charge is -2.20. The lowest BCUT2D eigenvalue weighted by molar-refractivity contribution is -0.115. The fourth-order valence-electron chi connectivity index (χ4n) is 2.28. The second-order valence-electron chi connectivity index (χ2n) is 5.00. The molecular weight excluding hydrogens is 314 g/mol. The lowest BCUT2D eigenvalue weighted by Crippen LogP contribution is -2.24. The summed E-state index contributed by atoms with van der Waals surface area (Å²) < 4.78 is 23.4. The number of rotatable bonds is 5. The van der Waals surface area contributed by atoms with Crippen LogP contribution in [0.15, 0.2) is 54.8 Å². The molecule has 3 rings (SSSR count). The summed E-state index contributed by atoms with van der Waals surface area (Å²) in [5.74, 6) is 1.29. The number of fused-ring (bicyclic) bond motifs is 1. The van der Waals surface area contributed by atoms with Crippen molar-refractivity contribution in [3.63, 3.8) is 0 Å². The van der Waals surface area contributed by atoms with E-state index in [0.29, 0.717) is 17.3 Å². The molecule has 2 aromatic carbocycles. The zero-order chi connectivity index (χ0) is 16.2. The Hall–Kier alpha value is -2.44. The number of hydrogen-bond donors (Lipinski definition) is 1. The first-order valence-electron chi connectivity index (χ1n) is 6.99. The Morgan fingerprint density at radius 2 is 1.78 bits per heavy atom. The molecule has 2 N–H and O–H groups in total. The van der Waals surface area contributed by atoms with Gasteiger partial charge in [-0.3, -0.25) is 4.79 Å². The van der Waals surface area contributed by atoms with E-state index in [0.717, 1.165) is 11.1 Å². The van der Waals surface area contributed by atoms with Gasteiger partial charge in [0.2, 0.25) is 0 Å². The normalized spacial score (nSPS) is 14.0. The molecule has 0 saturated heterocycles. The predicted molar refractivity (Wildman–Crippen MR) is 88.0 cm³/mol. The molecule has 0 radical (unpaired) electrons. The van der Waals surface area contributed by atoms with Crippen molar-refractivity contribution >= 4 is 22.8 Å². The van der Waals surface area contributed by atoms with Crippen molar-refractivity contribution in [1.29, 1.82) is 0 Å². The molecule has 1 aliphatic heterocycles. The molecule has 1 amide bonds. The lowest BCUT2D eigenvalue weighted by atomic mass is 10.1. The number of hydrogen-bond acceptors (Lipinski definition) is 4. The summed E-state index contributed by atoms with van der Waals surface area (Å²) in [6.45, 7) is 0. The fourth-order valence-corrected chi connectivity index (χ4v) is 3.30. The van der Waals surface area contributed by atoms with Gasteiger partial charge >= 0.3 is 0 Å². The van der Waals surface area contributed by atoms with Crippen LogP contribution >= 0.6 is 0 Å². The molecule has 2 aromatic rings. The van der Waals surface area contributed by atoms with E-state index in [1.807, 2.05) is 48.5 Å². The molecule has 0 saturated carbocycles. The van der Waals surface area contributed by atoms with Crippen LogP contribution in [0.2, 0.25) is 0 Å². The molecular formula is C17H15NO4S. The van der Waals surface area contributed by atoms with Crippen molar-refractivity contribution in [3.8, 4) is 11.5 Å². The van der Waals surface area contributed by atoms with Gasteiger partial charge in [-0.15, -0.1) is 0 Å². The molecule has 5 nitrogen and oxygen atoms in total. The topological polar surface area (TPSA) is 84.6 Å². The van der Waals surface area contributed by atoms with Crippen LogP contribution in [0.5, 0.6) is 11.5 Å². The predicted octanol–water partition coefficient (Wildman–Crippen LogP) is 2.19. The summed E-state index contributed by atoms with van der Waals surface area (Å²) in [5, 5.41) is 0. The van der Waals surface area contributed by atoms with E-state index >= 15 is 0 Å². The number of amides is 1. The Labute approximate surface area is 136 Å². The number of benzene rings is 2. The van der Waals surface area contributed by atoms with Crippen LogP contribution in [-0.2, 0) is 21.7 Å². The molecule has 6 heteroatoms. The number of carbonyl (C=O) groups is 1. The van der Waals surface area contributed by atoms with E-state index in [1.54, 1.807) is 0 Å². The van der Waals surface area contributed by atoms with E-state index < -0.39 is 17.1 Å². The molecule has 0 bridgehead atoms. The van der Waals surface area contributed by atoms with Crippen molar-refractivity contribution in [2.45, 2.75) is 5.75 Å². The highest BCUT2D eigenvalue weighted by Crippen LogP contribution is 2.35. The van der Waals surface area contributed by atoms with Gasteiger partial charge in [0.25, 0.3) is 5.91 Å². The minimum absolute atomic E-state index is 0.159. The molecule has 0 fully saturated rings. The Bertz CT molecular complexity index is 760. The molecule has 1 unspecified atom stereocenters. The van der Waals surface area contributed by atoms with Crippen LogP contribution in [0.25, 0.3) is 5.76 Å². The Morgan fingerprint density at radius 3 is 2.57 bits per heavy atom. The Balaban J connectivity index is 1.84. The van der Waals surface area contributed by atoms with Crippen LogP contribution in [-0.4, -0.2) is 16.2 Å². The van der Waals surface area contributed by atoms with Gasteiger partial charge in [-0.2, -0.15) is 0 Å². The molecule has 118 valence electrons. The van der Waals surface area contributed by atoms with Crippen LogP contribution in [0.4, 0.5) is 0 Å². The van der Waals surface area contributed by atoms with Crippen molar-refractivity contribution in [2.75, 3.05) is 5.75 Å². The summed E-state index contributed by atoms with van der Waals surface area (Å²) in [6, 6.07) is 14.8. The monoisotopic (exact) mass is 329 g/mol. The standard InChI is InChI=1S/C17H15NO4S/c18-17(19)11-23(20)10-12-5-1-2-6-13(12)16-9-21-14-7-3-4-8-15(14)22-16/h1-9H,10-11H2,(H2,18,19). The second kappa shape index (κ2) is 6.76. The van der Waals surface area contributed by atoms with Gasteiger partial charge in [0.15, 0.2) is 23.0 Å². The van der Waals surface area contributed by atoms with E-state index in [9.17, 15) is 9.35 Å². The number of ether oxygens (including phenoxy) is 2. The van der Waals surface area contributed by atoms with Gasteiger partial charge in [-0.25, -0.2) is 0 Å². The van der Waals surface area contributed by atoms with E-state index in [4.69, 9.17) is 15.2 Å². The highest BCUT2D eigenvalue weighted by molar-refractivity contribution is 7.91. The SMILES string of the molecule is NC(=O)C[S+]([O-])Cc1ccccc1C1=COc2ccccc2O1. The summed E-state index contributed by atoms with van der Waals surface area (Å²) in [4.78, 5) is 10.9. The number of nitrogens with two attached hydrogens (primary N) is 1. The molecule has 0 spiro atoms. The minimum Gasteiger partial charge on any atom is -0.616 e. The fraction of sp³-hybridized carbons (Fsp3) is 0.118. The molecule has 1 aliphatic rings. The summed E-state index contributed by atoms with van der Waals surface area (Å²) in [6.07, 6.45) is 1.53. The van der Waals surface area contributed by atoms with Crippen LogP contribution in [0.1, 0.15) is 11.1 Å². The van der Waals surface area contributed by atoms with Gasteiger partial charge in [0.1, 0.15) is 12.0 Å². The third kappa shape index (κ3) is 3.67. The third-order valence-electron chi connectivity index (χ3n) is 3.26. The smallest absolute Gasteiger partial charge is 0.267 e. The first-order chi connectivity index (χ1) is 11.1. The zero-order valence-corrected chi connectivity index (χ0v) is 13.0. The van der Waals surface area contributed by atoms with Crippen LogP contribution in [0.3, 0.4) is 0 Å². The number of primary amides is 1. The summed E-state index contributed by atoms with van der Waals surface area (Å²) in [5.41, 5.74) is 6.68. The second-order valence-corrected chi connectivity index (χ2v) is 6.46. The van der Waals surface area contributed by atoms with Gasteiger partial charge in [-0.05, 0) is 23.3 Å². The maximum atomic E-state index is 12.0. The number of carbonyl (C=O) groups excluding carboxylic acids is 1. The maximum absolute atomic E-state index is 12.0. The maximum Gasteiger partial charge on any atom is 0.267 e. The quantitative estimate of drug-likeness (QED) is 0.852. The van der Waals surface area contributed by atoms with Crippen molar-refractivity contribution < 1.29 is 18.8 Å². The van der Waals surface area contributed by atoms with Gasteiger partial charge in [0.05, 0.1) is 0 Å². The molecule has 23 heavy (non-hydrogen) atoms. The van der Waals surface area contributed by atoms with E-state index in [2.05, 4.69) is 0 Å². The molecule has 1 heterocycles. The molecule has 0 aromatic heterocycles. The van der Waals surface area contributed by atoms with E-state index in [-0.39, 0.29) is 11.5 Å². The summed E-state index contributed by atoms with van der Waals surface area (Å²) >= 11 is -1.36. The average molecular weight is 329 g/mol. The highest BCUT2D eigenvalue weighted by Gasteiger charge is 2.20. The molecule has 0 aliphatic carbocycles. The van der Waals surface area contributed by atoms with Crippen molar-refractivity contribution in [3.05, 3.63) is 65.9 Å². The van der Waals surface area contributed by atoms with Gasteiger partial charge < -0.3 is 19.8 Å². The molecule has 1 atom stereocenters. The van der Waals surface area contributed by atoms with E-state index in [1.165, 1.54) is 6.26 Å². The van der Waals surface area contributed by atoms with Crippen LogP contribution < -0.4 is 15.2 Å². The van der Waals surface area contributed by atoms with Gasteiger partial charge in [-0.1, -0.05) is 36.4 Å². The zero-order valence-electron chi connectivity index (χ0n) is 12.2. The Morgan fingerprint density at radius 1 is 1.09 bits per heavy atom. The Kier molecular flexibility index (Phi) is 4.55. The largest absolute Gasteiger partial charge is 0.616 e. The van der Waals surface area contributed by atoms with Gasteiger partial charge in [0, 0.05) is 11.1 Å². The average Bonchev–Trinajstić information content (AvgIpc) is 2.54. The first-order valence-corrected chi connectivity index (χ1v) is 8.47. The minimum atomic E-state index is -1.36. The van der Waals surface area contributed by atoms with Crippen molar-refractivity contribution in [1.82, 2.24) is 0 Å².